The standard InChI is InChI=1S/C17H26N4O.2ClH/c1-12-6-5-7-13-16(12)20-14(19-13)8-9-15(22)21(4)11-17(2,3)10-18;;/h5-7H,8-11,18H2,1-4H3,(H,19,20);2*1H. The lowest BCUT2D eigenvalue weighted by Crippen LogP contribution is -2.39. The number of aromatic nitrogens is 2. The molecule has 7 heteroatoms. The summed E-state index contributed by atoms with van der Waals surface area (Å²) in [5, 5.41) is 0. The van der Waals surface area contributed by atoms with Crippen LogP contribution in [0.15, 0.2) is 18.2 Å². The Balaban J connectivity index is 0.00000264. The number of imidazole rings is 1. The fourth-order valence-corrected chi connectivity index (χ4v) is 2.56. The smallest absolute Gasteiger partial charge is 0.222 e. The second-order valence-electron chi connectivity index (χ2n) is 6.77. The topological polar surface area (TPSA) is 75.0 Å². The lowest BCUT2D eigenvalue weighted by atomic mass is 9.93. The van der Waals surface area contributed by atoms with Crippen LogP contribution in [0.4, 0.5) is 0 Å². The molecule has 5 nitrogen and oxygen atoms in total. The number of hydrogen-bond acceptors (Lipinski definition) is 3. The van der Waals surface area contributed by atoms with Crippen LogP contribution in [-0.2, 0) is 11.2 Å². The maximum atomic E-state index is 12.2. The van der Waals surface area contributed by atoms with Crippen molar-refractivity contribution in [1.29, 1.82) is 0 Å². The second kappa shape index (κ2) is 9.25. The number of carbonyl (C=O) groups is 1. The van der Waals surface area contributed by atoms with Gasteiger partial charge in [0, 0.05) is 26.4 Å². The third kappa shape index (κ3) is 5.65. The largest absolute Gasteiger partial charge is 0.345 e. The Morgan fingerprint density at radius 3 is 2.58 bits per heavy atom. The average Bonchev–Trinajstić information content (AvgIpc) is 2.89. The monoisotopic (exact) mass is 374 g/mol. The van der Waals surface area contributed by atoms with E-state index in [1.165, 1.54) is 0 Å². The number of halogens is 2. The van der Waals surface area contributed by atoms with Crippen molar-refractivity contribution in [3.05, 3.63) is 29.6 Å². The molecule has 1 heterocycles. The fraction of sp³-hybridized carbons (Fsp3) is 0.529. The van der Waals surface area contributed by atoms with Crippen LogP contribution in [0.1, 0.15) is 31.7 Å². The number of nitrogens with zero attached hydrogens (tertiary/aromatic N) is 2. The van der Waals surface area contributed by atoms with Gasteiger partial charge in [-0.05, 0) is 30.5 Å². The van der Waals surface area contributed by atoms with Gasteiger partial charge >= 0.3 is 0 Å². The molecule has 0 bridgehead atoms. The van der Waals surface area contributed by atoms with Crippen LogP contribution < -0.4 is 5.73 Å². The summed E-state index contributed by atoms with van der Waals surface area (Å²) in [4.78, 5) is 21.9. The number of H-pyrrole nitrogens is 1. The van der Waals surface area contributed by atoms with Gasteiger partial charge in [0.25, 0.3) is 0 Å². The number of para-hydroxylation sites is 1. The van der Waals surface area contributed by atoms with Crippen LogP contribution in [0.5, 0.6) is 0 Å². The van der Waals surface area contributed by atoms with Gasteiger partial charge in [0.15, 0.2) is 0 Å². The molecule has 0 aliphatic rings. The van der Waals surface area contributed by atoms with Gasteiger partial charge in [-0.3, -0.25) is 4.79 Å². The zero-order valence-corrected chi connectivity index (χ0v) is 16.4. The minimum Gasteiger partial charge on any atom is -0.345 e. The molecular weight excluding hydrogens is 347 g/mol. The molecule has 0 unspecified atom stereocenters. The summed E-state index contributed by atoms with van der Waals surface area (Å²) >= 11 is 0. The Kier molecular flexibility index (Phi) is 8.75. The number of fused-ring (bicyclic) bond motifs is 1. The number of aryl methyl sites for hydroxylation is 2. The van der Waals surface area contributed by atoms with E-state index in [0.717, 1.165) is 22.4 Å². The predicted octanol–water partition coefficient (Wildman–Crippen LogP) is 3.09. The number of rotatable bonds is 6. The van der Waals surface area contributed by atoms with E-state index >= 15 is 0 Å². The number of nitrogens with one attached hydrogen (secondary N) is 1. The van der Waals surface area contributed by atoms with Gasteiger partial charge in [-0.2, -0.15) is 0 Å². The summed E-state index contributed by atoms with van der Waals surface area (Å²) in [6.07, 6.45) is 1.08. The molecule has 1 aromatic carbocycles. The molecule has 24 heavy (non-hydrogen) atoms. The molecule has 1 amide bonds. The number of carbonyl (C=O) groups excluding carboxylic acids is 1. The number of amides is 1. The summed E-state index contributed by atoms with van der Waals surface area (Å²) in [7, 11) is 1.84. The summed E-state index contributed by atoms with van der Waals surface area (Å²) < 4.78 is 0. The summed E-state index contributed by atoms with van der Waals surface area (Å²) in [5.74, 6) is 0.989. The van der Waals surface area contributed by atoms with Crippen molar-refractivity contribution in [3.63, 3.8) is 0 Å². The molecule has 0 aliphatic carbocycles. The van der Waals surface area contributed by atoms with Crippen molar-refractivity contribution in [2.75, 3.05) is 20.1 Å². The molecule has 0 aliphatic heterocycles. The van der Waals surface area contributed by atoms with Gasteiger partial charge < -0.3 is 15.6 Å². The SMILES string of the molecule is Cc1cccc2[nH]c(CCC(=O)N(C)CC(C)(C)CN)nc12.Cl.Cl. The normalized spacial score (nSPS) is 10.9. The van der Waals surface area contributed by atoms with E-state index in [1.807, 2.05) is 32.2 Å². The van der Waals surface area contributed by atoms with Gasteiger partial charge in [0.05, 0.1) is 11.0 Å². The molecule has 0 atom stereocenters. The minimum atomic E-state index is -0.0547. The van der Waals surface area contributed by atoms with Crippen molar-refractivity contribution in [3.8, 4) is 0 Å². The highest BCUT2D eigenvalue weighted by Gasteiger charge is 2.21. The zero-order valence-electron chi connectivity index (χ0n) is 14.8. The first-order valence-electron chi connectivity index (χ1n) is 7.70. The quantitative estimate of drug-likeness (QED) is 0.815. The van der Waals surface area contributed by atoms with E-state index in [4.69, 9.17) is 5.73 Å². The second-order valence-corrected chi connectivity index (χ2v) is 6.77. The lowest BCUT2D eigenvalue weighted by Gasteiger charge is -2.29. The number of hydrogen-bond donors (Lipinski definition) is 2. The zero-order chi connectivity index (χ0) is 16.3. The van der Waals surface area contributed by atoms with Gasteiger partial charge in [0.2, 0.25) is 5.91 Å². The molecule has 2 aromatic rings. The first kappa shape index (κ1) is 22.7. The highest BCUT2D eigenvalue weighted by atomic mass is 35.5. The molecule has 0 spiro atoms. The van der Waals surface area contributed by atoms with E-state index in [0.29, 0.717) is 25.9 Å². The Morgan fingerprint density at radius 2 is 2.00 bits per heavy atom. The van der Waals surface area contributed by atoms with Crippen LogP contribution >= 0.6 is 24.8 Å². The van der Waals surface area contributed by atoms with Gasteiger partial charge in [0.1, 0.15) is 5.82 Å². The van der Waals surface area contributed by atoms with Gasteiger partial charge in [-0.15, -0.1) is 24.8 Å². The summed E-state index contributed by atoms with van der Waals surface area (Å²) in [5.41, 5.74) is 8.83. The van der Waals surface area contributed by atoms with E-state index < -0.39 is 0 Å². The number of benzene rings is 1. The van der Waals surface area contributed by atoms with Crippen LogP contribution in [0.2, 0.25) is 0 Å². The molecule has 136 valence electrons. The molecule has 3 N–H and O–H groups in total. The maximum Gasteiger partial charge on any atom is 0.222 e. The predicted molar refractivity (Wildman–Crippen MR) is 104 cm³/mol. The van der Waals surface area contributed by atoms with Crippen LogP contribution in [0, 0.1) is 12.3 Å². The molecule has 0 saturated carbocycles. The summed E-state index contributed by atoms with van der Waals surface area (Å²) in [6.45, 7) is 7.41. The first-order chi connectivity index (χ1) is 10.3. The summed E-state index contributed by atoms with van der Waals surface area (Å²) in [6, 6.07) is 6.06. The Hall–Kier alpha value is -1.30. The Labute approximate surface area is 156 Å². The molecule has 1 aromatic heterocycles. The van der Waals surface area contributed by atoms with Crippen molar-refractivity contribution < 1.29 is 4.79 Å². The molecule has 0 saturated heterocycles. The van der Waals surface area contributed by atoms with Gasteiger partial charge in [-0.25, -0.2) is 4.98 Å². The molecule has 0 radical (unpaired) electrons. The average molecular weight is 375 g/mol. The van der Waals surface area contributed by atoms with E-state index in [9.17, 15) is 4.79 Å². The molecule has 0 fully saturated rings. The Morgan fingerprint density at radius 1 is 1.33 bits per heavy atom. The van der Waals surface area contributed by atoms with Crippen LogP contribution in [-0.4, -0.2) is 40.9 Å². The highest BCUT2D eigenvalue weighted by Crippen LogP contribution is 2.17. The van der Waals surface area contributed by atoms with E-state index in [2.05, 4.69) is 23.8 Å². The highest BCUT2D eigenvalue weighted by molar-refractivity contribution is 5.85. The third-order valence-corrected chi connectivity index (χ3v) is 3.98. The van der Waals surface area contributed by atoms with Crippen molar-refractivity contribution in [2.45, 2.75) is 33.6 Å². The first-order valence-corrected chi connectivity index (χ1v) is 7.70. The fourth-order valence-electron chi connectivity index (χ4n) is 2.56. The lowest BCUT2D eigenvalue weighted by molar-refractivity contribution is -0.131. The molecule has 2 rings (SSSR count). The van der Waals surface area contributed by atoms with Crippen LogP contribution in [0.25, 0.3) is 11.0 Å². The number of nitrogens with two attached hydrogens (primary N) is 1. The van der Waals surface area contributed by atoms with Gasteiger partial charge in [-0.1, -0.05) is 26.0 Å². The minimum absolute atomic E-state index is 0. The van der Waals surface area contributed by atoms with Crippen molar-refractivity contribution in [2.24, 2.45) is 11.1 Å². The van der Waals surface area contributed by atoms with Crippen molar-refractivity contribution in [1.82, 2.24) is 14.9 Å². The number of aromatic amines is 1. The third-order valence-electron chi connectivity index (χ3n) is 3.98. The van der Waals surface area contributed by atoms with E-state index in [1.54, 1.807) is 4.90 Å². The van der Waals surface area contributed by atoms with E-state index in [-0.39, 0.29) is 36.1 Å². The van der Waals surface area contributed by atoms with Crippen molar-refractivity contribution >= 4 is 41.8 Å². The van der Waals surface area contributed by atoms with Crippen LogP contribution in [0.3, 0.4) is 0 Å². The Bertz CT molecular complexity index is 670. The molecular formula is C17H28Cl2N4O. The maximum absolute atomic E-state index is 12.2.